The lowest BCUT2D eigenvalue weighted by Gasteiger charge is -2.17. The van der Waals surface area contributed by atoms with Crippen molar-refractivity contribution < 1.29 is 14.3 Å². The molecule has 0 aliphatic heterocycles. The molecule has 2 heterocycles. The van der Waals surface area contributed by atoms with Crippen LogP contribution in [-0.2, 0) is 14.3 Å². The van der Waals surface area contributed by atoms with Gasteiger partial charge in [-0.15, -0.1) is 22.7 Å². The summed E-state index contributed by atoms with van der Waals surface area (Å²) < 4.78 is 5.32. The molecule has 0 saturated heterocycles. The first-order valence-electron chi connectivity index (χ1n) is 6.70. The van der Waals surface area contributed by atoms with Gasteiger partial charge in [0, 0.05) is 23.8 Å². The average molecular weight is 335 g/mol. The lowest BCUT2D eigenvalue weighted by molar-refractivity contribution is -0.153. The summed E-state index contributed by atoms with van der Waals surface area (Å²) in [7, 11) is 3.27. The first kappa shape index (κ1) is 16.5. The standard InChI is InChI=1S/C16H17NO3S2/c1-11(15(18)17(2)3)20-16(19)13(14-7-5-9-22-14)10-12-6-4-8-21-12/h4-11H,1-3H3/b13-10+/t11-/m0/s1. The molecular weight excluding hydrogens is 318 g/mol. The quantitative estimate of drug-likeness (QED) is 0.622. The number of rotatable bonds is 5. The maximum atomic E-state index is 12.5. The molecule has 0 radical (unpaired) electrons. The molecule has 0 aliphatic rings. The van der Waals surface area contributed by atoms with Crippen molar-refractivity contribution in [3.05, 3.63) is 44.8 Å². The second kappa shape index (κ2) is 7.38. The average Bonchev–Trinajstić information content (AvgIpc) is 3.16. The van der Waals surface area contributed by atoms with Gasteiger partial charge in [0.15, 0.2) is 6.10 Å². The Labute approximate surface area is 137 Å². The van der Waals surface area contributed by atoms with E-state index in [2.05, 4.69) is 0 Å². The van der Waals surface area contributed by atoms with Gasteiger partial charge in [-0.05, 0) is 35.9 Å². The highest BCUT2D eigenvalue weighted by atomic mass is 32.1. The Hall–Kier alpha value is -1.92. The first-order valence-corrected chi connectivity index (χ1v) is 8.46. The SMILES string of the molecule is C[C@H](OC(=O)/C(=C/c1cccs1)c1cccs1)C(=O)N(C)C. The number of esters is 1. The molecule has 0 saturated carbocycles. The maximum Gasteiger partial charge on any atom is 0.340 e. The topological polar surface area (TPSA) is 46.6 Å². The van der Waals surface area contributed by atoms with Crippen molar-refractivity contribution in [3.63, 3.8) is 0 Å². The molecule has 6 heteroatoms. The second-order valence-electron chi connectivity index (χ2n) is 4.83. The molecule has 0 aliphatic carbocycles. The Kier molecular flexibility index (Phi) is 5.51. The van der Waals surface area contributed by atoms with Gasteiger partial charge < -0.3 is 9.64 Å². The third-order valence-corrected chi connectivity index (χ3v) is 4.63. The number of hydrogen-bond acceptors (Lipinski definition) is 5. The van der Waals surface area contributed by atoms with Gasteiger partial charge in [0.05, 0.1) is 5.57 Å². The Morgan fingerprint density at radius 2 is 1.86 bits per heavy atom. The zero-order chi connectivity index (χ0) is 16.1. The van der Waals surface area contributed by atoms with E-state index in [0.717, 1.165) is 9.75 Å². The predicted octanol–water partition coefficient (Wildman–Crippen LogP) is 3.37. The summed E-state index contributed by atoms with van der Waals surface area (Å²) >= 11 is 3.00. The Balaban J connectivity index is 2.23. The van der Waals surface area contributed by atoms with Crippen molar-refractivity contribution in [1.29, 1.82) is 0 Å². The first-order chi connectivity index (χ1) is 10.5. The van der Waals surface area contributed by atoms with E-state index >= 15 is 0 Å². The highest BCUT2D eigenvalue weighted by Crippen LogP contribution is 2.26. The van der Waals surface area contributed by atoms with Crippen LogP contribution >= 0.6 is 22.7 Å². The zero-order valence-corrected chi connectivity index (χ0v) is 14.2. The molecule has 4 nitrogen and oxygen atoms in total. The van der Waals surface area contributed by atoms with Crippen LogP contribution in [0.5, 0.6) is 0 Å². The van der Waals surface area contributed by atoms with E-state index in [1.54, 1.807) is 38.4 Å². The summed E-state index contributed by atoms with van der Waals surface area (Å²) in [6.45, 7) is 1.58. The molecule has 116 valence electrons. The van der Waals surface area contributed by atoms with Crippen LogP contribution in [0.1, 0.15) is 16.7 Å². The normalized spacial score (nSPS) is 12.8. The van der Waals surface area contributed by atoms with Gasteiger partial charge >= 0.3 is 5.97 Å². The molecule has 1 amide bonds. The van der Waals surface area contributed by atoms with Gasteiger partial charge in [-0.25, -0.2) is 4.79 Å². The molecule has 0 spiro atoms. The van der Waals surface area contributed by atoms with E-state index in [-0.39, 0.29) is 5.91 Å². The lowest BCUT2D eigenvalue weighted by Crippen LogP contribution is -2.35. The maximum absolute atomic E-state index is 12.5. The number of ether oxygens (including phenoxy) is 1. The van der Waals surface area contributed by atoms with Crippen molar-refractivity contribution in [3.8, 4) is 0 Å². The van der Waals surface area contributed by atoms with Crippen molar-refractivity contribution in [1.82, 2.24) is 4.90 Å². The molecule has 0 bridgehead atoms. The fraction of sp³-hybridized carbons (Fsp3) is 0.250. The lowest BCUT2D eigenvalue weighted by atomic mass is 10.2. The van der Waals surface area contributed by atoms with Gasteiger partial charge in [0.25, 0.3) is 5.91 Å². The van der Waals surface area contributed by atoms with Gasteiger partial charge in [0.2, 0.25) is 0 Å². The minimum atomic E-state index is -0.811. The van der Waals surface area contributed by atoms with Crippen LogP contribution in [0.2, 0.25) is 0 Å². The fourth-order valence-electron chi connectivity index (χ4n) is 1.82. The highest BCUT2D eigenvalue weighted by molar-refractivity contribution is 7.12. The molecule has 0 aromatic carbocycles. The monoisotopic (exact) mass is 335 g/mol. The Bertz CT molecular complexity index is 658. The van der Waals surface area contributed by atoms with E-state index in [0.29, 0.717) is 5.57 Å². The molecule has 0 unspecified atom stereocenters. The van der Waals surface area contributed by atoms with Crippen LogP contribution in [0.3, 0.4) is 0 Å². The second-order valence-corrected chi connectivity index (χ2v) is 6.76. The van der Waals surface area contributed by atoms with Gasteiger partial charge in [0.1, 0.15) is 0 Å². The molecule has 0 fully saturated rings. The fourth-order valence-corrected chi connectivity index (χ4v) is 3.20. The van der Waals surface area contributed by atoms with Crippen LogP contribution in [0.15, 0.2) is 35.0 Å². The smallest absolute Gasteiger partial charge is 0.340 e. The largest absolute Gasteiger partial charge is 0.449 e. The molecule has 0 N–H and O–H groups in total. The molecule has 2 aromatic heterocycles. The molecule has 2 rings (SSSR count). The van der Waals surface area contributed by atoms with Crippen LogP contribution in [0.25, 0.3) is 11.6 Å². The summed E-state index contributed by atoms with van der Waals surface area (Å²) in [4.78, 5) is 27.5. The number of carbonyl (C=O) groups is 2. The highest BCUT2D eigenvalue weighted by Gasteiger charge is 2.23. The summed E-state index contributed by atoms with van der Waals surface area (Å²) in [5.41, 5.74) is 0.468. The summed E-state index contributed by atoms with van der Waals surface area (Å²) in [5, 5.41) is 3.85. The van der Waals surface area contributed by atoms with Crippen LogP contribution in [0.4, 0.5) is 0 Å². The van der Waals surface area contributed by atoms with Crippen molar-refractivity contribution >= 4 is 46.2 Å². The van der Waals surface area contributed by atoms with E-state index in [9.17, 15) is 9.59 Å². The summed E-state index contributed by atoms with van der Waals surface area (Å²) in [6, 6.07) is 7.60. The summed E-state index contributed by atoms with van der Waals surface area (Å²) in [5.74, 6) is -0.728. The van der Waals surface area contributed by atoms with Crippen molar-refractivity contribution in [2.75, 3.05) is 14.1 Å². The number of hydrogen-bond donors (Lipinski definition) is 0. The molecule has 2 aromatic rings. The predicted molar refractivity (Wildman–Crippen MR) is 90.8 cm³/mol. The summed E-state index contributed by atoms with van der Waals surface area (Å²) in [6.07, 6.45) is 0.986. The van der Waals surface area contributed by atoms with Crippen LogP contribution in [0, 0.1) is 0 Å². The molecule has 1 atom stereocenters. The minimum Gasteiger partial charge on any atom is -0.449 e. The third kappa shape index (κ3) is 4.05. The number of likely N-dealkylation sites (N-methyl/N-ethyl adjacent to an activating group) is 1. The van der Waals surface area contributed by atoms with E-state index in [4.69, 9.17) is 4.74 Å². The minimum absolute atomic E-state index is 0.241. The van der Waals surface area contributed by atoms with Crippen LogP contribution < -0.4 is 0 Å². The van der Waals surface area contributed by atoms with E-state index in [1.807, 2.05) is 35.0 Å². The number of nitrogens with zero attached hydrogens (tertiary/aromatic N) is 1. The van der Waals surface area contributed by atoms with Crippen LogP contribution in [-0.4, -0.2) is 37.0 Å². The third-order valence-electron chi connectivity index (χ3n) is 2.91. The van der Waals surface area contributed by atoms with E-state index < -0.39 is 12.1 Å². The Morgan fingerprint density at radius 1 is 1.18 bits per heavy atom. The number of carbonyl (C=O) groups excluding carboxylic acids is 2. The van der Waals surface area contributed by atoms with E-state index in [1.165, 1.54) is 16.2 Å². The zero-order valence-electron chi connectivity index (χ0n) is 12.6. The van der Waals surface area contributed by atoms with Crippen molar-refractivity contribution in [2.24, 2.45) is 0 Å². The van der Waals surface area contributed by atoms with Crippen molar-refractivity contribution in [2.45, 2.75) is 13.0 Å². The van der Waals surface area contributed by atoms with Gasteiger partial charge in [-0.3, -0.25) is 4.79 Å². The van der Waals surface area contributed by atoms with Gasteiger partial charge in [-0.2, -0.15) is 0 Å². The van der Waals surface area contributed by atoms with Gasteiger partial charge in [-0.1, -0.05) is 12.1 Å². The Morgan fingerprint density at radius 3 is 2.41 bits per heavy atom. The number of thiophene rings is 2. The molecule has 22 heavy (non-hydrogen) atoms. The molecular formula is C16H17NO3S2. The number of amides is 1.